The van der Waals surface area contributed by atoms with Gasteiger partial charge in [0.05, 0.1) is 14.2 Å². The van der Waals surface area contributed by atoms with E-state index in [-0.39, 0.29) is 11.8 Å². The summed E-state index contributed by atoms with van der Waals surface area (Å²) in [5.74, 6) is 0.983. The van der Waals surface area contributed by atoms with Crippen LogP contribution in [-0.4, -0.2) is 49.5 Å². The van der Waals surface area contributed by atoms with Gasteiger partial charge in [-0.25, -0.2) is 4.79 Å². The molecule has 2 rings (SSSR count). The molecular weight excluding hydrogens is 260 g/mol. The van der Waals surface area contributed by atoms with Crippen LogP contribution >= 0.6 is 0 Å². The molecule has 110 valence electrons. The summed E-state index contributed by atoms with van der Waals surface area (Å²) >= 11 is 0. The Morgan fingerprint density at radius 1 is 1.50 bits per heavy atom. The zero-order chi connectivity index (χ0) is 14.5. The smallest absolute Gasteiger partial charge is 0.407 e. The number of likely N-dealkylation sites (tertiary alicyclic amines) is 1. The first-order valence-electron chi connectivity index (χ1n) is 6.55. The standard InChI is InChI=1S/C14H20N2O4/c1-19-12-3-4-13(17)10(7-12)8-16-6-5-11(9-16)15-14(18)20-2/h3-4,7,11,17H,5-6,8-9H2,1-2H3,(H,15,18). The molecule has 1 aliphatic rings. The summed E-state index contributed by atoms with van der Waals surface area (Å²) in [5, 5.41) is 12.7. The van der Waals surface area contributed by atoms with E-state index >= 15 is 0 Å². The summed E-state index contributed by atoms with van der Waals surface area (Å²) in [4.78, 5) is 13.3. The van der Waals surface area contributed by atoms with Crippen LogP contribution in [0.5, 0.6) is 11.5 Å². The molecule has 0 bridgehead atoms. The predicted molar refractivity (Wildman–Crippen MR) is 73.9 cm³/mol. The molecule has 0 spiro atoms. The molecule has 2 N–H and O–H groups in total. The highest BCUT2D eigenvalue weighted by atomic mass is 16.5. The maximum atomic E-state index is 11.2. The van der Waals surface area contributed by atoms with Crippen LogP contribution in [0.3, 0.4) is 0 Å². The van der Waals surface area contributed by atoms with Crippen LogP contribution in [0.4, 0.5) is 4.79 Å². The lowest BCUT2D eigenvalue weighted by molar-refractivity contribution is 0.166. The van der Waals surface area contributed by atoms with Gasteiger partial charge in [-0.05, 0) is 24.6 Å². The lowest BCUT2D eigenvalue weighted by atomic mass is 10.2. The second kappa shape index (κ2) is 6.47. The molecule has 6 nitrogen and oxygen atoms in total. The number of methoxy groups -OCH3 is 2. The molecule has 1 heterocycles. The minimum Gasteiger partial charge on any atom is -0.508 e. The van der Waals surface area contributed by atoms with Crippen LogP contribution in [0.25, 0.3) is 0 Å². The number of aromatic hydroxyl groups is 1. The molecule has 6 heteroatoms. The van der Waals surface area contributed by atoms with Gasteiger partial charge in [-0.3, -0.25) is 4.90 Å². The number of hydrogen-bond acceptors (Lipinski definition) is 5. The molecule has 1 fully saturated rings. The molecule has 1 atom stereocenters. The molecule has 1 unspecified atom stereocenters. The lowest BCUT2D eigenvalue weighted by Crippen LogP contribution is -2.36. The van der Waals surface area contributed by atoms with Crippen LogP contribution in [-0.2, 0) is 11.3 Å². The van der Waals surface area contributed by atoms with Crippen molar-refractivity contribution in [2.45, 2.75) is 19.0 Å². The first kappa shape index (κ1) is 14.5. The highest BCUT2D eigenvalue weighted by molar-refractivity contribution is 5.67. The summed E-state index contributed by atoms with van der Waals surface area (Å²) in [7, 11) is 2.96. The van der Waals surface area contributed by atoms with E-state index in [9.17, 15) is 9.90 Å². The second-order valence-corrected chi connectivity index (χ2v) is 4.85. The maximum Gasteiger partial charge on any atom is 0.407 e. The van der Waals surface area contributed by atoms with Crippen molar-refractivity contribution in [2.24, 2.45) is 0 Å². The number of alkyl carbamates (subject to hydrolysis) is 1. The third-order valence-corrected chi connectivity index (χ3v) is 3.46. The minimum atomic E-state index is -0.402. The van der Waals surface area contributed by atoms with Crippen LogP contribution in [0.15, 0.2) is 18.2 Å². The third-order valence-electron chi connectivity index (χ3n) is 3.46. The summed E-state index contributed by atoms with van der Waals surface area (Å²) in [6, 6.07) is 5.28. The fraction of sp³-hybridized carbons (Fsp3) is 0.500. The Labute approximate surface area is 118 Å². The monoisotopic (exact) mass is 280 g/mol. The van der Waals surface area contributed by atoms with Crippen LogP contribution < -0.4 is 10.1 Å². The van der Waals surface area contributed by atoms with Crippen molar-refractivity contribution >= 4 is 6.09 Å². The maximum absolute atomic E-state index is 11.2. The fourth-order valence-corrected chi connectivity index (χ4v) is 2.38. The number of ether oxygens (including phenoxy) is 2. The largest absolute Gasteiger partial charge is 0.508 e. The average Bonchev–Trinajstić information content (AvgIpc) is 2.88. The van der Waals surface area contributed by atoms with Gasteiger partial charge in [0.25, 0.3) is 0 Å². The second-order valence-electron chi connectivity index (χ2n) is 4.85. The average molecular weight is 280 g/mol. The Kier molecular flexibility index (Phi) is 4.68. The van der Waals surface area contributed by atoms with Crippen molar-refractivity contribution in [3.05, 3.63) is 23.8 Å². The number of amides is 1. The van der Waals surface area contributed by atoms with E-state index in [1.807, 2.05) is 6.07 Å². The van der Waals surface area contributed by atoms with Gasteiger partial charge in [-0.15, -0.1) is 0 Å². The van der Waals surface area contributed by atoms with Gasteiger partial charge in [0.2, 0.25) is 0 Å². The Morgan fingerprint density at radius 2 is 2.30 bits per heavy atom. The number of nitrogens with zero attached hydrogens (tertiary/aromatic N) is 1. The highest BCUT2D eigenvalue weighted by Gasteiger charge is 2.24. The number of rotatable bonds is 4. The van der Waals surface area contributed by atoms with E-state index in [0.717, 1.165) is 30.8 Å². The molecule has 1 aromatic carbocycles. The normalized spacial score (nSPS) is 18.8. The molecule has 1 aliphatic heterocycles. The van der Waals surface area contributed by atoms with Crippen molar-refractivity contribution in [2.75, 3.05) is 27.3 Å². The molecule has 0 aliphatic carbocycles. The first-order valence-corrected chi connectivity index (χ1v) is 6.55. The molecule has 20 heavy (non-hydrogen) atoms. The zero-order valence-electron chi connectivity index (χ0n) is 11.8. The van der Waals surface area contributed by atoms with Gasteiger partial charge in [-0.1, -0.05) is 0 Å². The summed E-state index contributed by atoms with van der Waals surface area (Å²) in [5.41, 5.74) is 0.822. The van der Waals surface area contributed by atoms with Crippen LogP contribution in [0.2, 0.25) is 0 Å². The highest BCUT2D eigenvalue weighted by Crippen LogP contribution is 2.25. The fourth-order valence-electron chi connectivity index (χ4n) is 2.38. The van der Waals surface area contributed by atoms with Gasteiger partial charge in [-0.2, -0.15) is 0 Å². The Bertz CT molecular complexity index is 478. The van der Waals surface area contributed by atoms with Gasteiger partial charge in [0.15, 0.2) is 0 Å². The lowest BCUT2D eigenvalue weighted by Gasteiger charge is -2.17. The first-order chi connectivity index (χ1) is 9.62. The minimum absolute atomic E-state index is 0.0928. The molecule has 1 saturated heterocycles. The quantitative estimate of drug-likeness (QED) is 0.870. The third kappa shape index (κ3) is 3.54. The topological polar surface area (TPSA) is 71.0 Å². The number of carbonyl (C=O) groups excluding carboxylic acids is 1. The van der Waals surface area contributed by atoms with E-state index < -0.39 is 6.09 Å². The summed E-state index contributed by atoms with van der Waals surface area (Å²) in [6.07, 6.45) is 0.473. The van der Waals surface area contributed by atoms with Gasteiger partial charge < -0.3 is 19.9 Å². The molecule has 0 saturated carbocycles. The number of phenolic OH excluding ortho intramolecular Hbond substituents is 1. The van der Waals surface area contributed by atoms with Crippen molar-refractivity contribution in [3.63, 3.8) is 0 Å². The van der Waals surface area contributed by atoms with Crippen molar-refractivity contribution in [1.29, 1.82) is 0 Å². The molecule has 1 amide bonds. The number of carbonyl (C=O) groups is 1. The van der Waals surface area contributed by atoms with E-state index in [4.69, 9.17) is 4.74 Å². The zero-order valence-corrected chi connectivity index (χ0v) is 11.8. The van der Waals surface area contributed by atoms with Crippen molar-refractivity contribution in [1.82, 2.24) is 10.2 Å². The van der Waals surface area contributed by atoms with Gasteiger partial charge in [0.1, 0.15) is 11.5 Å². The molecule has 0 aromatic heterocycles. The summed E-state index contributed by atoms with van der Waals surface area (Å²) in [6.45, 7) is 2.24. The number of phenols is 1. The van der Waals surface area contributed by atoms with Crippen LogP contribution in [0.1, 0.15) is 12.0 Å². The Balaban J connectivity index is 1.93. The van der Waals surface area contributed by atoms with E-state index in [1.165, 1.54) is 7.11 Å². The SMILES string of the molecule is COC(=O)NC1CCN(Cc2cc(OC)ccc2O)C1. The number of hydrogen-bond donors (Lipinski definition) is 2. The number of nitrogens with one attached hydrogen (secondary N) is 1. The van der Waals surface area contributed by atoms with E-state index in [2.05, 4.69) is 15.0 Å². The van der Waals surface area contributed by atoms with Crippen molar-refractivity contribution < 1.29 is 19.4 Å². The Morgan fingerprint density at radius 3 is 3.00 bits per heavy atom. The van der Waals surface area contributed by atoms with E-state index in [0.29, 0.717) is 6.54 Å². The van der Waals surface area contributed by atoms with Crippen molar-refractivity contribution in [3.8, 4) is 11.5 Å². The van der Waals surface area contributed by atoms with Gasteiger partial charge >= 0.3 is 6.09 Å². The molecule has 1 aromatic rings. The van der Waals surface area contributed by atoms with Gasteiger partial charge in [0, 0.05) is 31.2 Å². The number of benzene rings is 1. The molecule has 0 radical (unpaired) electrons. The van der Waals surface area contributed by atoms with Crippen LogP contribution in [0, 0.1) is 0 Å². The Hall–Kier alpha value is -1.95. The predicted octanol–water partition coefficient (Wildman–Crippen LogP) is 1.33. The molecular formula is C14H20N2O4. The summed E-state index contributed by atoms with van der Waals surface area (Å²) < 4.78 is 9.75. The van der Waals surface area contributed by atoms with E-state index in [1.54, 1.807) is 19.2 Å².